The molecular weight excluding hydrogens is 225 g/mol. The van der Waals surface area contributed by atoms with E-state index in [0.29, 0.717) is 13.1 Å². The average molecular weight is 240 g/mol. The summed E-state index contributed by atoms with van der Waals surface area (Å²) in [5.41, 5.74) is 0. The van der Waals surface area contributed by atoms with Gasteiger partial charge < -0.3 is 10.0 Å². The van der Waals surface area contributed by atoms with Crippen LogP contribution in [0.4, 0.5) is 13.2 Å². The quantitative estimate of drug-likeness (QED) is 0.740. The minimum absolute atomic E-state index is 0.140. The SMILES string of the molecule is O=C(CN(CCO)CC(F)(F)F)N1CCC1. The third-order valence-corrected chi connectivity index (χ3v) is 2.39. The largest absolute Gasteiger partial charge is 0.401 e. The number of hydrogen-bond acceptors (Lipinski definition) is 3. The maximum atomic E-state index is 12.1. The zero-order valence-electron chi connectivity index (χ0n) is 8.83. The summed E-state index contributed by atoms with van der Waals surface area (Å²) < 4.78 is 36.4. The highest BCUT2D eigenvalue weighted by molar-refractivity contribution is 5.78. The van der Waals surface area contributed by atoms with Gasteiger partial charge in [-0.25, -0.2) is 0 Å². The molecule has 1 heterocycles. The molecule has 4 nitrogen and oxygen atoms in total. The monoisotopic (exact) mass is 240 g/mol. The molecule has 1 rings (SSSR count). The zero-order chi connectivity index (χ0) is 12.2. The number of hydrogen-bond donors (Lipinski definition) is 1. The summed E-state index contributed by atoms with van der Waals surface area (Å²) in [4.78, 5) is 13.9. The van der Waals surface area contributed by atoms with Crippen molar-refractivity contribution in [3.05, 3.63) is 0 Å². The highest BCUT2D eigenvalue weighted by atomic mass is 19.4. The van der Waals surface area contributed by atoms with Gasteiger partial charge in [0.25, 0.3) is 0 Å². The van der Waals surface area contributed by atoms with Gasteiger partial charge in [0, 0.05) is 19.6 Å². The molecule has 0 aliphatic carbocycles. The third-order valence-electron chi connectivity index (χ3n) is 2.39. The number of carbonyl (C=O) groups excluding carboxylic acids is 1. The van der Waals surface area contributed by atoms with Crippen molar-refractivity contribution in [1.29, 1.82) is 0 Å². The van der Waals surface area contributed by atoms with E-state index in [0.717, 1.165) is 11.3 Å². The van der Waals surface area contributed by atoms with E-state index in [1.54, 1.807) is 0 Å². The molecule has 1 amide bonds. The Bertz CT molecular complexity index is 241. The van der Waals surface area contributed by atoms with Gasteiger partial charge in [0.05, 0.1) is 19.7 Å². The second-order valence-electron chi connectivity index (χ2n) is 3.78. The smallest absolute Gasteiger partial charge is 0.395 e. The van der Waals surface area contributed by atoms with Crippen LogP contribution in [0.2, 0.25) is 0 Å². The van der Waals surface area contributed by atoms with E-state index in [1.807, 2.05) is 0 Å². The Hall–Kier alpha value is -0.820. The number of rotatable bonds is 5. The highest BCUT2D eigenvalue weighted by Crippen LogP contribution is 2.16. The summed E-state index contributed by atoms with van der Waals surface area (Å²) in [6, 6.07) is 0. The Morgan fingerprint density at radius 2 is 2.00 bits per heavy atom. The van der Waals surface area contributed by atoms with Crippen LogP contribution >= 0.6 is 0 Å². The zero-order valence-corrected chi connectivity index (χ0v) is 8.83. The van der Waals surface area contributed by atoms with Gasteiger partial charge in [0.1, 0.15) is 0 Å². The molecule has 0 bridgehead atoms. The molecule has 0 unspecified atom stereocenters. The van der Waals surface area contributed by atoms with Crippen LogP contribution in [-0.4, -0.2) is 66.3 Å². The fraction of sp³-hybridized carbons (Fsp3) is 0.889. The third kappa shape index (κ3) is 4.36. The van der Waals surface area contributed by atoms with Gasteiger partial charge in [-0.05, 0) is 6.42 Å². The van der Waals surface area contributed by atoms with Crippen LogP contribution in [0.25, 0.3) is 0 Å². The van der Waals surface area contributed by atoms with Gasteiger partial charge in [-0.1, -0.05) is 0 Å². The van der Waals surface area contributed by atoms with Gasteiger partial charge in [0.2, 0.25) is 5.91 Å². The second kappa shape index (κ2) is 5.49. The normalized spacial score (nSPS) is 16.4. The molecule has 0 aromatic carbocycles. The van der Waals surface area contributed by atoms with Crippen molar-refractivity contribution >= 4 is 5.91 Å². The van der Waals surface area contributed by atoms with Crippen LogP contribution in [0, 0.1) is 0 Å². The van der Waals surface area contributed by atoms with Crippen molar-refractivity contribution in [3.63, 3.8) is 0 Å². The molecule has 1 fully saturated rings. The molecule has 16 heavy (non-hydrogen) atoms. The molecule has 7 heteroatoms. The van der Waals surface area contributed by atoms with Gasteiger partial charge in [-0.3, -0.25) is 9.69 Å². The number of nitrogens with zero attached hydrogens (tertiary/aromatic N) is 2. The topological polar surface area (TPSA) is 43.8 Å². The molecule has 1 N–H and O–H groups in total. The molecule has 94 valence electrons. The molecule has 1 aliphatic rings. The van der Waals surface area contributed by atoms with Crippen LogP contribution in [0.15, 0.2) is 0 Å². The van der Waals surface area contributed by atoms with Crippen molar-refractivity contribution in [2.45, 2.75) is 12.6 Å². The van der Waals surface area contributed by atoms with E-state index >= 15 is 0 Å². The Morgan fingerprint density at radius 3 is 2.38 bits per heavy atom. The Labute approximate surface area is 91.6 Å². The molecule has 0 atom stereocenters. The molecular formula is C9H15F3N2O2. The molecule has 0 saturated carbocycles. The lowest BCUT2D eigenvalue weighted by Crippen LogP contribution is -2.49. The van der Waals surface area contributed by atoms with Gasteiger partial charge >= 0.3 is 6.18 Å². The number of amides is 1. The maximum absolute atomic E-state index is 12.1. The first-order valence-corrected chi connectivity index (χ1v) is 5.10. The number of carbonyl (C=O) groups is 1. The standard InChI is InChI=1S/C9H15F3N2O2/c10-9(11,12)7-13(4-5-15)6-8(16)14-2-1-3-14/h15H,1-7H2. The molecule has 0 spiro atoms. The van der Waals surface area contributed by atoms with Crippen molar-refractivity contribution in [3.8, 4) is 0 Å². The first-order valence-electron chi connectivity index (χ1n) is 5.10. The van der Waals surface area contributed by atoms with E-state index in [9.17, 15) is 18.0 Å². The first kappa shape index (κ1) is 13.2. The molecule has 0 aromatic rings. The number of likely N-dealkylation sites (tertiary alicyclic amines) is 1. The maximum Gasteiger partial charge on any atom is 0.401 e. The van der Waals surface area contributed by atoms with Crippen molar-refractivity contribution in [1.82, 2.24) is 9.80 Å². The predicted molar refractivity (Wildman–Crippen MR) is 50.8 cm³/mol. The molecule has 0 radical (unpaired) electrons. The molecule has 1 saturated heterocycles. The van der Waals surface area contributed by atoms with Crippen LogP contribution < -0.4 is 0 Å². The van der Waals surface area contributed by atoms with E-state index < -0.39 is 12.7 Å². The number of aliphatic hydroxyl groups excluding tert-OH is 1. The number of halogens is 3. The predicted octanol–water partition coefficient (Wildman–Crippen LogP) is 0.0753. The number of aliphatic hydroxyl groups is 1. The van der Waals surface area contributed by atoms with Crippen LogP contribution in [-0.2, 0) is 4.79 Å². The fourth-order valence-electron chi connectivity index (χ4n) is 1.47. The van der Waals surface area contributed by atoms with Gasteiger partial charge in [-0.2, -0.15) is 13.2 Å². The van der Waals surface area contributed by atoms with Gasteiger partial charge in [-0.15, -0.1) is 0 Å². The van der Waals surface area contributed by atoms with E-state index in [1.165, 1.54) is 4.90 Å². The number of alkyl halides is 3. The lowest BCUT2D eigenvalue weighted by atomic mass is 10.2. The van der Waals surface area contributed by atoms with Crippen LogP contribution in [0.5, 0.6) is 0 Å². The first-order chi connectivity index (χ1) is 7.42. The van der Waals surface area contributed by atoms with E-state index in [-0.39, 0.29) is 25.6 Å². The van der Waals surface area contributed by atoms with Gasteiger partial charge in [0.15, 0.2) is 0 Å². The Morgan fingerprint density at radius 1 is 1.38 bits per heavy atom. The molecule has 0 aromatic heterocycles. The van der Waals surface area contributed by atoms with Crippen molar-refractivity contribution in [2.75, 3.05) is 39.3 Å². The summed E-state index contributed by atoms with van der Waals surface area (Å²) >= 11 is 0. The average Bonchev–Trinajstić information content (AvgIpc) is 1.96. The summed E-state index contributed by atoms with van der Waals surface area (Å²) in [5.74, 6) is -0.302. The Balaban J connectivity index is 2.40. The minimum atomic E-state index is -4.34. The Kier molecular flexibility index (Phi) is 4.55. The fourth-order valence-corrected chi connectivity index (χ4v) is 1.47. The summed E-state index contributed by atoms with van der Waals surface area (Å²) in [6.07, 6.45) is -3.44. The lowest BCUT2D eigenvalue weighted by molar-refractivity contribution is -0.153. The second-order valence-corrected chi connectivity index (χ2v) is 3.78. The summed E-state index contributed by atoms with van der Waals surface area (Å²) in [7, 11) is 0. The van der Waals surface area contributed by atoms with Crippen molar-refractivity contribution < 1.29 is 23.1 Å². The van der Waals surface area contributed by atoms with Crippen molar-refractivity contribution in [2.24, 2.45) is 0 Å². The lowest BCUT2D eigenvalue weighted by Gasteiger charge is -2.33. The van der Waals surface area contributed by atoms with Crippen LogP contribution in [0.1, 0.15) is 6.42 Å². The minimum Gasteiger partial charge on any atom is -0.395 e. The summed E-state index contributed by atoms with van der Waals surface area (Å²) in [5, 5.41) is 8.62. The van der Waals surface area contributed by atoms with E-state index in [4.69, 9.17) is 5.11 Å². The molecule has 1 aliphatic heterocycles. The van der Waals surface area contributed by atoms with E-state index in [2.05, 4.69) is 0 Å². The van der Waals surface area contributed by atoms with Crippen LogP contribution in [0.3, 0.4) is 0 Å². The summed E-state index contributed by atoms with van der Waals surface area (Å²) in [6.45, 7) is -0.717. The highest BCUT2D eigenvalue weighted by Gasteiger charge is 2.32.